The molecular weight excluding hydrogens is 212 g/mol. The van der Waals surface area contributed by atoms with Crippen LogP contribution in [0.4, 0.5) is 0 Å². The zero-order chi connectivity index (χ0) is 12.0. The zero-order valence-electron chi connectivity index (χ0n) is 9.59. The third-order valence-corrected chi connectivity index (χ3v) is 2.68. The minimum Gasteiger partial charge on any atom is -0.457 e. The summed E-state index contributed by atoms with van der Waals surface area (Å²) in [6.45, 7) is 1.96. The largest absolute Gasteiger partial charge is 0.457 e. The lowest BCUT2D eigenvalue weighted by Gasteiger charge is -2.16. The van der Waals surface area contributed by atoms with Crippen molar-refractivity contribution in [1.29, 1.82) is 0 Å². The molecule has 1 rings (SSSR count). The van der Waals surface area contributed by atoms with Crippen LogP contribution in [-0.2, 0) is 14.3 Å². The van der Waals surface area contributed by atoms with Crippen molar-refractivity contribution in [3.05, 3.63) is 0 Å². The van der Waals surface area contributed by atoms with E-state index in [1.807, 2.05) is 0 Å². The van der Waals surface area contributed by atoms with Crippen LogP contribution in [0.5, 0.6) is 0 Å². The van der Waals surface area contributed by atoms with Gasteiger partial charge in [-0.1, -0.05) is 19.8 Å². The number of esters is 1. The molecule has 0 aromatic heterocycles. The molecule has 0 saturated carbocycles. The molecule has 2 N–H and O–H groups in total. The standard InChI is InChI=1S/C11H20O5/c1-2-3-4-5-10(13)16-9-7-15-8(6-12)11(9)14/h8-9,11-12,14H,2-7H2,1H3/t8-,9-,11-/m0/s1. The first-order chi connectivity index (χ1) is 7.69. The number of ether oxygens (including phenoxy) is 2. The molecule has 0 aromatic rings. The number of carbonyl (C=O) groups excluding carboxylic acids is 1. The highest BCUT2D eigenvalue weighted by Gasteiger charge is 2.37. The third-order valence-electron chi connectivity index (χ3n) is 2.68. The first kappa shape index (κ1) is 13.4. The van der Waals surface area contributed by atoms with Gasteiger partial charge in [0.25, 0.3) is 0 Å². The van der Waals surface area contributed by atoms with Crippen LogP contribution in [0.15, 0.2) is 0 Å². The van der Waals surface area contributed by atoms with Gasteiger partial charge in [0.05, 0.1) is 13.2 Å². The Labute approximate surface area is 95.4 Å². The molecule has 1 saturated heterocycles. The molecule has 0 aromatic carbocycles. The van der Waals surface area contributed by atoms with Gasteiger partial charge in [-0.05, 0) is 6.42 Å². The van der Waals surface area contributed by atoms with Gasteiger partial charge in [-0.3, -0.25) is 4.79 Å². The van der Waals surface area contributed by atoms with Gasteiger partial charge in [-0.2, -0.15) is 0 Å². The normalized spacial score (nSPS) is 29.3. The van der Waals surface area contributed by atoms with Crippen LogP contribution in [0.3, 0.4) is 0 Å². The van der Waals surface area contributed by atoms with Gasteiger partial charge in [-0.15, -0.1) is 0 Å². The number of aliphatic hydroxyl groups is 2. The first-order valence-corrected chi connectivity index (χ1v) is 5.79. The van der Waals surface area contributed by atoms with E-state index in [-0.39, 0.29) is 19.2 Å². The van der Waals surface area contributed by atoms with Crippen LogP contribution in [0, 0.1) is 0 Å². The van der Waals surface area contributed by atoms with Crippen molar-refractivity contribution in [2.75, 3.05) is 13.2 Å². The quantitative estimate of drug-likeness (QED) is 0.506. The highest BCUT2D eigenvalue weighted by molar-refractivity contribution is 5.69. The van der Waals surface area contributed by atoms with E-state index in [2.05, 4.69) is 6.92 Å². The second kappa shape index (κ2) is 6.83. The highest BCUT2D eigenvalue weighted by atomic mass is 16.6. The van der Waals surface area contributed by atoms with E-state index >= 15 is 0 Å². The van der Waals surface area contributed by atoms with Crippen molar-refractivity contribution in [1.82, 2.24) is 0 Å². The van der Waals surface area contributed by atoms with E-state index < -0.39 is 18.3 Å². The van der Waals surface area contributed by atoms with Crippen molar-refractivity contribution in [3.63, 3.8) is 0 Å². The molecule has 94 valence electrons. The fraction of sp³-hybridized carbons (Fsp3) is 0.909. The molecule has 5 nitrogen and oxygen atoms in total. The number of rotatable bonds is 6. The summed E-state index contributed by atoms with van der Waals surface area (Å²) in [6.07, 6.45) is 1.05. The number of hydrogen-bond donors (Lipinski definition) is 2. The number of unbranched alkanes of at least 4 members (excludes halogenated alkanes) is 2. The van der Waals surface area contributed by atoms with E-state index in [4.69, 9.17) is 14.6 Å². The van der Waals surface area contributed by atoms with Gasteiger partial charge in [0.2, 0.25) is 0 Å². The van der Waals surface area contributed by atoms with Crippen LogP contribution >= 0.6 is 0 Å². The molecule has 1 aliphatic heterocycles. The lowest BCUT2D eigenvalue weighted by molar-refractivity contribution is -0.153. The molecular formula is C11H20O5. The molecule has 0 radical (unpaired) electrons. The van der Waals surface area contributed by atoms with Crippen molar-refractivity contribution in [3.8, 4) is 0 Å². The second-order valence-corrected chi connectivity index (χ2v) is 4.03. The Morgan fingerprint density at radius 3 is 2.81 bits per heavy atom. The van der Waals surface area contributed by atoms with Crippen LogP contribution in [0.2, 0.25) is 0 Å². The van der Waals surface area contributed by atoms with Gasteiger partial charge >= 0.3 is 5.97 Å². The van der Waals surface area contributed by atoms with Crippen molar-refractivity contribution in [2.45, 2.75) is 50.9 Å². The minimum atomic E-state index is -0.917. The van der Waals surface area contributed by atoms with Crippen LogP contribution < -0.4 is 0 Å². The molecule has 0 amide bonds. The summed E-state index contributed by atoms with van der Waals surface area (Å²) in [5.74, 6) is -0.306. The van der Waals surface area contributed by atoms with E-state index in [0.29, 0.717) is 6.42 Å². The number of aliphatic hydroxyl groups excluding tert-OH is 2. The molecule has 3 atom stereocenters. The van der Waals surface area contributed by atoms with Gasteiger partial charge in [0, 0.05) is 6.42 Å². The van der Waals surface area contributed by atoms with E-state index in [0.717, 1.165) is 19.3 Å². The van der Waals surface area contributed by atoms with E-state index in [1.165, 1.54) is 0 Å². The Bertz CT molecular complexity index is 218. The molecule has 0 unspecified atom stereocenters. The Morgan fingerprint density at radius 1 is 1.50 bits per heavy atom. The fourth-order valence-electron chi connectivity index (χ4n) is 1.67. The molecule has 1 aliphatic rings. The second-order valence-electron chi connectivity index (χ2n) is 4.03. The molecule has 5 heteroatoms. The van der Waals surface area contributed by atoms with E-state index in [9.17, 15) is 9.90 Å². The van der Waals surface area contributed by atoms with Gasteiger partial charge in [-0.25, -0.2) is 0 Å². The summed E-state index contributed by atoms with van der Waals surface area (Å²) >= 11 is 0. The molecule has 1 heterocycles. The maximum atomic E-state index is 11.4. The predicted octanol–water partition coefficient (Wildman–Crippen LogP) is 0.230. The summed E-state index contributed by atoms with van der Waals surface area (Å²) in [5, 5.41) is 18.4. The Morgan fingerprint density at radius 2 is 2.25 bits per heavy atom. The highest BCUT2D eigenvalue weighted by Crippen LogP contribution is 2.17. The zero-order valence-corrected chi connectivity index (χ0v) is 9.59. The molecule has 0 spiro atoms. The van der Waals surface area contributed by atoms with Gasteiger partial charge in [0.1, 0.15) is 12.2 Å². The predicted molar refractivity (Wildman–Crippen MR) is 56.9 cm³/mol. The Balaban J connectivity index is 2.24. The Kier molecular flexibility index (Phi) is 5.73. The lowest BCUT2D eigenvalue weighted by Crippen LogP contribution is -2.35. The minimum absolute atomic E-state index is 0.159. The Hall–Kier alpha value is -0.650. The lowest BCUT2D eigenvalue weighted by atomic mass is 10.1. The van der Waals surface area contributed by atoms with E-state index in [1.54, 1.807) is 0 Å². The first-order valence-electron chi connectivity index (χ1n) is 5.79. The van der Waals surface area contributed by atoms with Crippen LogP contribution in [0.1, 0.15) is 32.6 Å². The summed E-state index contributed by atoms with van der Waals surface area (Å²) in [4.78, 5) is 11.4. The molecule has 0 bridgehead atoms. The topological polar surface area (TPSA) is 76.0 Å². The maximum Gasteiger partial charge on any atom is 0.306 e. The van der Waals surface area contributed by atoms with Crippen LogP contribution in [-0.4, -0.2) is 47.7 Å². The molecule has 1 fully saturated rings. The monoisotopic (exact) mass is 232 g/mol. The number of hydrogen-bond acceptors (Lipinski definition) is 5. The van der Waals surface area contributed by atoms with Crippen molar-refractivity contribution >= 4 is 5.97 Å². The fourth-order valence-corrected chi connectivity index (χ4v) is 1.67. The average molecular weight is 232 g/mol. The average Bonchev–Trinajstić information content (AvgIpc) is 2.60. The molecule has 0 aliphatic carbocycles. The van der Waals surface area contributed by atoms with Gasteiger partial charge < -0.3 is 19.7 Å². The smallest absolute Gasteiger partial charge is 0.306 e. The number of carbonyl (C=O) groups is 1. The summed E-state index contributed by atoms with van der Waals surface area (Å²) < 4.78 is 10.2. The molecule has 16 heavy (non-hydrogen) atoms. The van der Waals surface area contributed by atoms with Crippen LogP contribution in [0.25, 0.3) is 0 Å². The summed E-state index contributed by atoms with van der Waals surface area (Å²) in [6, 6.07) is 0. The summed E-state index contributed by atoms with van der Waals surface area (Å²) in [7, 11) is 0. The third kappa shape index (κ3) is 3.73. The summed E-state index contributed by atoms with van der Waals surface area (Å²) in [5.41, 5.74) is 0. The van der Waals surface area contributed by atoms with Crippen molar-refractivity contribution < 1.29 is 24.5 Å². The SMILES string of the molecule is CCCCCC(=O)O[C@H]1CO[C@@H](CO)[C@@H]1O. The van der Waals surface area contributed by atoms with Gasteiger partial charge in [0.15, 0.2) is 6.10 Å². The maximum absolute atomic E-state index is 11.4. The van der Waals surface area contributed by atoms with Crippen molar-refractivity contribution in [2.24, 2.45) is 0 Å².